The number of rotatable bonds is 5. The van der Waals surface area contributed by atoms with Crippen LogP contribution in [0.2, 0.25) is 0 Å². The molecule has 0 amide bonds. The zero-order valence-electron chi connectivity index (χ0n) is 7.04. The molecular weight excluding hydrogens is 216 g/mol. The number of alkyl halides is 1. The summed E-state index contributed by atoms with van der Waals surface area (Å²) in [6.45, 7) is 2.32. The van der Waals surface area contributed by atoms with Crippen LogP contribution in [0.1, 0.15) is 5.56 Å². The number of quaternary nitrogens is 1. The minimum Gasteiger partial charge on any atom is -0.345 e. The molecule has 0 fully saturated rings. The highest BCUT2D eigenvalue weighted by Gasteiger charge is 1.92. The van der Waals surface area contributed by atoms with E-state index < -0.39 is 0 Å². The molecule has 2 N–H and O–H groups in total. The van der Waals surface area contributed by atoms with E-state index in [1.807, 2.05) is 12.4 Å². The molecule has 1 rings (SSSR count). The molecule has 0 aliphatic heterocycles. The summed E-state index contributed by atoms with van der Waals surface area (Å²) in [6, 6.07) is 4.14. The second-order valence-electron chi connectivity index (χ2n) is 2.66. The van der Waals surface area contributed by atoms with E-state index in [9.17, 15) is 0 Å². The van der Waals surface area contributed by atoms with Crippen LogP contribution in [-0.2, 0) is 6.42 Å². The first-order valence-electron chi connectivity index (χ1n) is 4.20. The Labute approximate surface area is 81.5 Å². The quantitative estimate of drug-likeness (QED) is 0.582. The molecule has 0 unspecified atom stereocenters. The third kappa shape index (κ3) is 3.83. The van der Waals surface area contributed by atoms with E-state index in [4.69, 9.17) is 0 Å². The van der Waals surface area contributed by atoms with Gasteiger partial charge >= 0.3 is 0 Å². The second kappa shape index (κ2) is 6.14. The van der Waals surface area contributed by atoms with Crippen LogP contribution < -0.4 is 5.32 Å². The lowest BCUT2D eigenvalue weighted by atomic mass is 10.2. The van der Waals surface area contributed by atoms with Gasteiger partial charge in [0.25, 0.3) is 0 Å². The van der Waals surface area contributed by atoms with Crippen LogP contribution in [0.5, 0.6) is 0 Å². The van der Waals surface area contributed by atoms with Gasteiger partial charge in [0.1, 0.15) is 0 Å². The third-order valence-corrected chi connectivity index (χ3v) is 2.16. The Hall–Kier alpha value is -0.410. The molecule has 1 heterocycles. The lowest BCUT2D eigenvalue weighted by Gasteiger charge is -1.99. The summed E-state index contributed by atoms with van der Waals surface area (Å²) in [5.41, 5.74) is 1.37. The minimum atomic E-state index is 1.07. The molecule has 0 atom stereocenters. The summed E-state index contributed by atoms with van der Waals surface area (Å²) in [6.07, 6.45) is 4.83. The molecule has 0 radical (unpaired) electrons. The number of pyridine rings is 1. The fraction of sp³-hybridized carbons (Fsp3) is 0.444. The number of nitrogens with two attached hydrogens (primary N) is 1. The zero-order valence-corrected chi connectivity index (χ0v) is 8.63. The largest absolute Gasteiger partial charge is 0.345 e. The Morgan fingerprint density at radius 2 is 2.00 bits per heavy atom. The van der Waals surface area contributed by atoms with Gasteiger partial charge in [0.05, 0.1) is 18.4 Å². The Morgan fingerprint density at radius 3 is 2.67 bits per heavy atom. The van der Waals surface area contributed by atoms with Crippen LogP contribution >= 0.6 is 15.9 Å². The Balaban J connectivity index is 2.16. The molecule has 0 aromatic carbocycles. The molecule has 12 heavy (non-hydrogen) atoms. The van der Waals surface area contributed by atoms with Gasteiger partial charge in [-0.05, 0) is 17.7 Å². The molecule has 3 heteroatoms. The highest BCUT2D eigenvalue weighted by molar-refractivity contribution is 9.09. The van der Waals surface area contributed by atoms with Crippen LogP contribution in [0.15, 0.2) is 24.5 Å². The van der Waals surface area contributed by atoms with E-state index in [0.29, 0.717) is 0 Å². The van der Waals surface area contributed by atoms with Crippen molar-refractivity contribution in [2.45, 2.75) is 6.42 Å². The molecule has 0 spiro atoms. The first kappa shape index (κ1) is 9.68. The predicted molar refractivity (Wildman–Crippen MR) is 53.4 cm³/mol. The van der Waals surface area contributed by atoms with Crippen LogP contribution in [0.4, 0.5) is 0 Å². The smallest absolute Gasteiger partial charge is 0.0853 e. The summed E-state index contributed by atoms with van der Waals surface area (Å²) in [5, 5.41) is 3.39. The number of nitrogens with zero attached hydrogens (tertiary/aromatic N) is 1. The van der Waals surface area contributed by atoms with E-state index >= 15 is 0 Å². The number of hydrogen-bond donors (Lipinski definition) is 1. The molecule has 0 aliphatic rings. The standard InChI is InChI=1S/C9H13BrN2/c10-4-8-12-7-3-9-1-5-11-6-2-9/h1-2,5-6,12H,3-4,7-8H2/p+1. The fourth-order valence-electron chi connectivity index (χ4n) is 1.04. The van der Waals surface area contributed by atoms with Crippen LogP contribution in [0, 0.1) is 0 Å². The van der Waals surface area contributed by atoms with Gasteiger partial charge in [0.2, 0.25) is 0 Å². The molecule has 1 aromatic heterocycles. The normalized spacial score (nSPS) is 10.1. The van der Waals surface area contributed by atoms with Gasteiger partial charge in [-0.1, -0.05) is 15.9 Å². The van der Waals surface area contributed by atoms with Crippen molar-refractivity contribution < 1.29 is 5.32 Å². The third-order valence-electron chi connectivity index (χ3n) is 1.70. The van der Waals surface area contributed by atoms with E-state index in [1.165, 1.54) is 5.56 Å². The topological polar surface area (TPSA) is 29.5 Å². The zero-order chi connectivity index (χ0) is 8.65. The van der Waals surface area contributed by atoms with E-state index in [-0.39, 0.29) is 0 Å². The fourth-order valence-corrected chi connectivity index (χ4v) is 1.36. The van der Waals surface area contributed by atoms with E-state index in [1.54, 1.807) is 0 Å². The van der Waals surface area contributed by atoms with Crippen molar-refractivity contribution in [2.75, 3.05) is 18.4 Å². The first-order chi connectivity index (χ1) is 5.93. The van der Waals surface area contributed by atoms with Crippen molar-refractivity contribution in [1.82, 2.24) is 4.98 Å². The van der Waals surface area contributed by atoms with Crippen molar-refractivity contribution >= 4 is 15.9 Å². The van der Waals surface area contributed by atoms with Crippen molar-refractivity contribution in [1.29, 1.82) is 0 Å². The number of aromatic nitrogens is 1. The molecule has 0 aliphatic carbocycles. The molecule has 1 aromatic rings. The van der Waals surface area contributed by atoms with Gasteiger partial charge in [0.15, 0.2) is 0 Å². The summed E-state index contributed by atoms with van der Waals surface area (Å²) < 4.78 is 0. The van der Waals surface area contributed by atoms with Gasteiger partial charge in [0, 0.05) is 18.8 Å². The minimum absolute atomic E-state index is 1.07. The van der Waals surface area contributed by atoms with Gasteiger partial charge in [-0.2, -0.15) is 0 Å². The average Bonchev–Trinajstić information content (AvgIpc) is 2.14. The van der Waals surface area contributed by atoms with E-state index in [2.05, 4.69) is 38.4 Å². The van der Waals surface area contributed by atoms with Gasteiger partial charge in [-0.3, -0.25) is 4.98 Å². The first-order valence-corrected chi connectivity index (χ1v) is 5.32. The van der Waals surface area contributed by atoms with Crippen LogP contribution in [0.25, 0.3) is 0 Å². The SMILES string of the molecule is BrCC[NH2+]CCc1ccncc1. The Morgan fingerprint density at radius 1 is 1.25 bits per heavy atom. The summed E-state index contributed by atoms with van der Waals surface area (Å²) in [7, 11) is 0. The highest BCUT2D eigenvalue weighted by atomic mass is 79.9. The van der Waals surface area contributed by atoms with Crippen LogP contribution in [0.3, 0.4) is 0 Å². The Bertz CT molecular complexity index is 201. The molecular formula is C9H14BrN2+. The lowest BCUT2D eigenvalue weighted by Crippen LogP contribution is -2.85. The average molecular weight is 230 g/mol. The monoisotopic (exact) mass is 229 g/mol. The number of hydrogen-bond acceptors (Lipinski definition) is 1. The molecule has 0 bridgehead atoms. The maximum atomic E-state index is 3.97. The molecule has 0 saturated heterocycles. The predicted octanol–water partition coefficient (Wildman–Crippen LogP) is 0.582. The molecule has 0 saturated carbocycles. The van der Waals surface area contributed by atoms with Gasteiger partial charge < -0.3 is 5.32 Å². The maximum Gasteiger partial charge on any atom is 0.0853 e. The molecule has 2 nitrogen and oxygen atoms in total. The molecule has 66 valence electrons. The van der Waals surface area contributed by atoms with Gasteiger partial charge in [-0.15, -0.1) is 0 Å². The van der Waals surface area contributed by atoms with Gasteiger partial charge in [-0.25, -0.2) is 0 Å². The summed E-state index contributed by atoms with van der Waals surface area (Å²) in [4.78, 5) is 3.97. The second-order valence-corrected chi connectivity index (χ2v) is 3.45. The van der Waals surface area contributed by atoms with Crippen molar-refractivity contribution in [3.05, 3.63) is 30.1 Å². The lowest BCUT2D eigenvalue weighted by molar-refractivity contribution is -0.650. The van der Waals surface area contributed by atoms with Crippen molar-refractivity contribution in [2.24, 2.45) is 0 Å². The van der Waals surface area contributed by atoms with E-state index in [0.717, 1.165) is 24.8 Å². The summed E-state index contributed by atoms with van der Waals surface area (Å²) in [5.74, 6) is 0. The van der Waals surface area contributed by atoms with Crippen molar-refractivity contribution in [3.8, 4) is 0 Å². The maximum absolute atomic E-state index is 3.97. The Kier molecular flexibility index (Phi) is 4.95. The summed E-state index contributed by atoms with van der Waals surface area (Å²) >= 11 is 3.39. The number of halogens is 1. The highest BCUT2D eigenvalue weighted by Crippen LogP contribution is 1.94. The van der Waals surface area contributed by atoms with Crippen LogP contribution in [-0.4, -0.2) is 23.4 Å². The van der Waals surface area contributed by atoms with Crippen molar-refractivity contribution in [3.63, 3.8) is 0 Å².